The molecule has 4 heteroatoms. The Morgan fingerprint density at radius 2 is 1.95 bits per heavy atom. The lowest BCUT2D eigenvalue weighted by molar-refractivity contribution is -0.115. The molecule has 21 heavy (non-hydrogen) atoms. The Kier molecular flexibility index (Phi) is 3.60. The molecule has 0 bridgehead atoms. The number of para-hydroxylation sites is 1. The Balaban J connectivity index is 1.69. The monoisotopic (exact) mass is 284 g/mol. The number of rotatable bonds is 3. The van der Waals surface area contributed by atoms with Gasteiger partial charge in [0.1, 0.15) is 5.82 Å². The average Bonchev–Trinajstić information content (AvgIpc) is 2.78. The predicted octanol–water partition coefficient (Wildman–Crippen LogP) is 3.22. The molecule has 1 aliphatic rings. The van der Waals surface area contributed by atoms with Crippen LogP contribution in [0.25, 0.3) is 0 Å². The molecular formula is C17H17FN2O. The minimum atomic E-state index is -0.310. The van der Waals surface area contributed by atoms with Crippen molar-refractivity contribution in [2.45, 2.75) is 19.4 Å². The Bertz CT molecular complexity index is 654. The van der Waals surface area contributed by atoms with E-state index in [0.717, 1.165) is 12.1 Å². The molecule has 1 atom stereocenters. The first-order valence-electron chi connectivity index (χ1n) is 7.03. The number of hydrogen-bond donors (Lipinski definition) is 1. The lowest BCUT2D eigenvalue weighted by atomic mass is 10.1. The Hall–Kier alpha value is -2.36. The molecule has 0 saturated heterocycles. The van der Waals surface area contributed by atoms with E-state index >= 15 is 0 Å². The Morgan fingerprint density at radius 3 is 2.71 bits per heavy atom. The minimum absolute atomic E-state index is 0.0924. The van der Waals surface area contributed by atoms with E-state index in [1.807, 2.05) is 18.2 Å². The summed E-state index contributed by atoms with van der Waals surface area (Å²) in [4.78, 5) is 14.3. The van der Waals surface area contributed by atoms with Gasteiger partial charge in [0, 0.05) is 17.4 Å². The number of hydrogen-bond acceptors (Lipinski definition) is 2. The van der Waals surface area contributed by atoms with E-state index in [1.165, 1.54) is 17.7 Å². The molecule has 1 amide bonds. The number of carbonyl (C=O) groups excluding carboxylic acids is 1. The second kappa shape index (κ2) is 5.56. The van der Waals surface area contributed by atoms with Crippen molar-refractivity contribution in [2.75, 3.05) is 16.8 Å². The molecule has 2 aromatic rings. The summed E-state index contributed by atoms with van der Waals surface area (Å²) in [5.41, 5.74) is 3.01. The van der Waals surface area contributed by atoms with Gasteiger partial charge in [0.2, 0.25) is 5.91 Å². The highest BCUT2D eigenvalue weighted by molar-refractivity contribution is 5.94. The van der Waals surface area contributed by atoms with Crippen LogP contribution in [-0.2, 0) is 11.2 Å². The van der Waals surface area contributed by atoms with Gasteiger partial charge < -0.3 is 10.2 Å². The van der Waals surface area contributed by atoms with Gasteiger partial charge in [-0.15, -0.1) is 0 Å². The molecule has 0 fully saturated rings. The highest BCUT2D eigenvalue weighted by Gasteiger charge is 2.26. The van der Waals surface area contributed by atoms with Gasteiger partial charge in [-0.2, -0.15) is 0 Å². The number of halogens is 1. The molecule has 0 saturated carbocycles. The highest BCUT2D eigenvalue weighted by atomic mass is 19.1. The molecule has 2 aromatic carbocycles. The topological polar surface area (TPSA) is 32.3 Å². The first-order chi connectivity index (χ1) is 10.1. The van der Waals surface area contributed by atoms with E-state index in [9.17, 15) is 9.18 Å². The first kappa shape index (κ1) is 13.6. The van der Waals surface area contributed by atoms with Crippen molar-refractivity contribution < 1.29 is 9.18 Å². The van der Waals surface area contributed by atoms with Crippen LogP contribution < -0.4 is 10.2 Å². The fraction of sp³-hybridized carbons (Fsp3) is 0.235. The van der Waals surface area contributed by atoms with Crippen molar-refractivity contribution >= 4 is 17.3 Å². The molecule has 1 N–H and O–H groups in total. The van der Waals surface area contributed by atoms with Gasteiger partial charge in [0.25, 0.3) is 0 Å². The SMILES string of the molecule is C[C@H]1Cc2ccccc2N1CC(=O)Nc1ccc(F)cc1. The van der Waals surface area contributed by atoms with Gasteiger partial charge in [-0.3, -0.25) is 4.79 Å². The zero-order chi connectivity index (χ0) is 14.8. The standard InChI is InChI=1S/C17H17FN2O/c1-12-10-13-4-2-3-5-16(13)20(12)11-17(21)19-15-8-6-14(18)7-9-15/h2-9,12H,10-11H2,1H3,(H,19,21)/t12-/m0/s1. The van der Waals surface area contributed by atoms with Crippen molar-refractivity contribution in [2.24, 2.45) is 0 Å². The number of nitrogens with zero attached hydrogens (tertiary/aromatic N) is 1. The van der Waals surface area contributed by atoms with Crippen LogP contribution in [0.4, 0.5) is 15.8 Å². The number of fused-ring (bicyclic) bond motifs is 1. The highest BCUT2D eigenvalue weighted by Crippen LogP contribution is 2.31. The second-order valence-corrected chi connectivity index (χ2v) is 5.36. The van der Waals surface area contributed by atoms with E-state index in [4.69, 9.17) is 0 Å². The summed E-state index contributed by atoms with van der Waals surface area (Å²) in [5.74, 6) is -0.403. The van der Waals surface area contributed by atoms with E-state index < -0.39 is 0 Å². The molecule has 3 nitrogen and oxygen atoms in total. The summed E-state index contributed by atoms with van der Waals surface area (Å²) < 4.78 is 12.8. The van der Waals surface area contributed by atoms with E-state index in [1.54, 1.807) is 12.1 Å². The van der Waals surface area contributed by atoms with Crippen LogP contribution in [-0.4, -0.2) is 18.5 Å². The quantitative estimate of drug-likeness (QED) is 0.938. The first-order valence-corrected chi connectivity index (χ1v) is 7.03. The van der Waals surface area contributed by atoms with Crippen molar-refractivity contribution in [1.29, 1.82) is 0 Å². The molecule has 3 rings (SSSR count). The van der Waals surface area contributed by atoms with Gasteiger partial charge in [0.15, 0.2) is 0 Å². The van der Waals surface area contributed by atoms with E-state index in [-0.39, 0.29) is 11.7 Å². The molecule has 0 spiro atoms. The van der Waals surface area contributed by atoms with E-state index in [0.29, 0.717) is 18.3 Å². The predicted molar refractivity (Wildman–Crippen MR) is 82.0 cm³/mol. The molecule has 108 valence electrons. The summed E-state index contributed by atoms with van der Waals surface area (Å²) in [6.45, 7) is 2.42. The van der Waals surface area contributed by atoms with Crippen molar-refractivity contribution in [3.05, 3.63) is 59.9 Å². The van der Waals surface area contributed by atoms with Crippen molar-refractivity contribution in [1.82, 2.24) is 0 Å². The third kappa shape index (κ3) is 2.89. The number of nitrogens with one attached hydrogen (secondary N) is 1. The molecular weight excluding hydrogens is 267 g/mol. The Morgan fingerprint density at radius 1 is 1.24 bits per heavy atom. The summed E-state index contributed by atoms with van der Waals surface area (Å²) in [6, 6.07) is 14.3. The third-order valence-electron chi connectivity index (χ3n) is 3.79. The maximum atomic E-state index is 12.8. The lowest BCUT2D eigenvalue weighted by Gasteiger charge is -2.24. The van der Waals surface area contributed by atoms with E-state index in [2.05, 4.69) is 23.2 Å². The van der Waals surface area contributed by atoms with Crippen LogP contribution in [0.15, 0.2) is 48.5 Å². The van der Waals surface area contributed by atoms with Crippen molar-refractivity contribution in [3.8, 4) is 0 Å². The normalized spacial score (nSPS) is 16.7. The zero-order valence-corrected chi connectivity index (χ0v) is 11.8. The third-order valence-corrected chi connectivity index (χ3v) is 3.79. The van der Waals surface area contributed by atoms with Crippen LogP contribution in [0.5, 0.6) is 0 Å². The summed E-state index contributed by atoms with van der Waals surface area (Å²) in [5, 5.41) is 2.80. The summed E-state index contributed by atoms with van der Waals surface area (Å²) >= 11 is 0. The van der Waals surface area contributed by atoms with Crippen LogP contribution in [0.1, 0.15) is 12.5 Å². The number of anilines is 2. The molecule has 1 aliphatic heterocycles. The summed E-state index contributed by atoms with van der Waals surface area (Å²) in [7, 11) is 0. The van der Waals surface area contributed by atoms with Crippen molar-refractivity contribution in [3.63, 3.8) is 0 Å². The maximum absolute atomic E-state index is 12.8. The van der Waals surface area contributed by atoms with Gasteiger partial charge in [-0.05, 0) is 49.2 Å². The number of amides is 1. The maximum Gasteiger partial charge on any atom is 0.243 e. The number of benzene rings is 2. The largest absolute Gasteiger partial charge is 0.359 e. The fourth-order valence-corrected chi connectivity index (χ4v) is 2.76. The fourth-order valence-electron chi connectivity index (χ4n) is 2.76. The Labute approximate surface area is 123 Å². The molecule has 0 aromatic heterocycles. The second-order valence-electron chi connectivity index (χ2n) is 5.36. The van der Waals surface area contributed by atoms with Gasteiger partial charge in [0.05, 0.1) is 6.54 Å². The minimum Gasteiger partial charge on any atom is -0.359 e. The molecule has 0 unspecified atom stereocenters. The van der Waals surface area contributed by atoms with Gasteiger partial charge >= 0.3 is 0 Å². The summed E-state index contributed by atoms with van der Waals surface area (Å²) in [6.07, 6.45) is 0.958. The zero-order valence-electron chi connectivity index (χ0n) is 11.8. The van der Waals surface area contributed by atoms with Gasteiger partial charge in [-0.1, -0.05) is 18.2 Å². The number of carbonyl (C=O) groups is 1. The van der Waals surface area contributed by atoms with Crippen LogP contribution >= 0.6 is 0 Å². The lowest BCUT2D eigenvalue weighted by Crippen LogP contribution is -2.37. The average molecular weight is 284 g/mol. The van der Waals surface area contributed by atoms with Crippen LogP contribution in [0.2, 0.25) is 0 Å². The van der Waals surface area contributed by atoms with Crippen LogP contribution in [0.3, 0.4) is 0 Å². The molecule has 0 aliphatic carbocycles. The van der Waals surface area contributed by atoms with Gasteiger partial charge in [-0.25, -0.2) is 4.39 Å². The van der Waals surface area contributed by atoms with Crippen LogP contribution in [0, 0.1) is 5.82 Å². The molecule has 1 heterocycles. The molecule has 0 radical (unpaired) electrons. The smallest absolute Gasteiger partial charge is 0.243 e.